The topological polar surface area (TPSA) is 89.9 Å². The van der Waals surface area contributed by atoms with Crippen LogP contribution < -0.4 is 5.73 Å². The molecule has 0 radical (unpaired) electrons. The summed E-state index contributed by atoms with van der Waals surface area (Å²) >= 11 is 6.31. The Kier molecular flexibility index (Phi) is 4.58. The minimum atomic E-state index is -0.0522. The number of carbonyl (C=O) groups is 1. The van der Waals surface area contributed by atoms with Crippen molar-refractivity contribution in [1.82, 2.24) is 25.1 Å². The molecule has 1 aliphatic rings. The number of nitrogens with two attached hydrogens (primary N) is 1. The van der Waals surface area contributed by atoms with Crippen molar-refractivity contribution >= 4 is 17.5 Å². The molecule has 1 fully saturated rings. The molecular weight excluding hydrogens is 316 g/mol. The maximum absolute atomic E-state index is 12.7. The largest absolute Gasteiger partial charge is 0.338 e. The van der Waals surface area contributed by atoms with E-state index in [1.54, 1.807) is 18.2 Å². The normalized spacial score (nSPS) is 19.6. The molecule has 2 heterocycles. The van der Waals surface area contributed by atoms with Crippen molar-refractivity contribution in [3.05, 3.63) is 35.1 Å². The van der Waals surface area contributed by atoms with Crippen LogP contribution in [0.2, 0.25) is 5.02 Å². The second-order valence-electron chi connectivity index (χ2n) is 5.93. The van der Waals surface area contributed by atoms with Gasteiger partial charge in [-0.05, 0) is 54.3 Å². The summed E-state index contributed by atoms with van der Waals surface area (Å²) in [6.45, 7) is 3.42. The average Bonchev–Trinajstić information content (AvgIpc) is 3.08. The van der Waals surface area contributed by atoms with Gasteiger partial charge in [-0.3, -0.25) is 4.79 Å². The second kappa shape index (κ2) is 6.64. The molecule has 0 aliphatic carbocycles. The first kappa shape index (κ1) is 15.9. The number of aromatic nitrogens is 4. The number of hydrogen-bond donors (Lipinski definition) is 1. The summed E-state index contributed by atoms with van der Waals surface area (Å²) < 4.78 is 1.49. The van der Waals surface area contributed by atoms with E-state index in [0.29, 0.717) is 28.7 Å². The van der Waals surface area contributed by atoms with Crippen molar-refractivity contribution in [3.8, 4) is 5.69 Å². The van der Waals surface area contributed by atoms with E-state index in [4.69, 9.17) is 17.3 Å². The Hall–Kier alpha value is -1.99. The Bertz CT molecular complexity index is 687. The van der Waals surface area contributed by atoms with E-state index in [2.05, 4.69) is 15.5 Å². The highest BCUT2D eigenvalue weighted by atomic mass is 35.5. The molecule has 122 valence electrons. The Morgan fingerprint density at radius 2 is 2.30 bits per heavy atom. The van der Waals surface area contributed by atoms with Gasteiger partial charge < -0.3 is 10.6 Å². The van der Waals surface area contributed by atoms with E-state index in [-0.39, 0.29) is 11.9 Å². The molecule has 0 saturated carbocycles. The molecule has 1 aliphatic heterocycles. The third-order valence-corrected chi connectivity index (χ3v) is 4.60. The van der Waals surface area contributed by atoms with Crippen LogP contribution in [0.15, 0.2) is 24.5 Å². The fourth-order valence-corrected chi connectivity index (χ4v) is 3.15. The summed E-state index contributed by atoms with van der Waals surface area (Å²) in [7, 11) is 0. The molecule has 1 saturated heterocycles. The smallest absolute Gasteiger partial charge is 0.255 e. The van der Waals surface area contributed by atoms with Gasteiger partial charge in [-0.2, -0.15) is 0 Å². The van der Waals surface area contributed by atoms with Gasteiger partial charge in [0.05, 0.1) is 16.3 Å². The number of amides is 1. The number of hydrogen-bond acceptors (Lipinski definition) is 5. The number of rotatable bonds is 3. The lowest BCUT2D eigenvalue weighted by Crippen LogP contribution is -2.45. The monoisotopic (exact) mass is 334 g/mol. The SMILES string of the molecule is CC(N)C1CCCN(C(=O)c2ccc(-n3cnnn3)cc2Cl)C1. The zero-order valence-electron chi connectivity index (χ0n) is 12.9. The second-order valence-corrected chi connectivity index (χ2v) is 6.34. The summed E-state index contributed by atoms with van der Waals surface area (Å²) in [5, 5.41) is 11.4. The van der Waals surface area contributed by atoms with Crippen molar-refractivity contribution in [1.29, 1.82) is 0 Å². The van der Waals surface area contributed by atoms with E-state index < -0.39 is 0 Å². The predicted octanol–water partition coefficient (Wildman–Crippen LogP) is 1.52. The van der Waals surface area contributed by atoms with E-state index in [1.807, 2.05) is 11.8 Å². The molecular formula is C15H19ClN6O. The standard InChI is InChI=1S/C15H19ClN6O/c1-10(17)11-3-2-6-21(8-11)15(23)13-5-4-12(7-14(13)16)22-9-18-19-20-22/h4-5,7,9-11H,2-3,6,8,17H2,1H3. The lowest BCUT2D eigenvalue weighted by Gasteiger charge is -2.34. The summed E-state index contributed by atoms with van der Waals surface area (Å²) in [5.41, 5.74) is 7.19. The van der Waals surface area contributed by atoms with Crippen LogP contribution in [0.4, 0.5) is 0 Å². The van der Waals surface area contributed by atoms with Crippen LogP contribution in [-0.2, 0) is 0 Å². The van der Waals surface area contributed by atoms with Gasteiger partial charge in [0.1, 0.15) is 6.33 Å². The molecule has 0 spiro atoms. The van der Waals surface area contributed by atoms with Crippen molar-refractivity contribution in [3.63, 3.8) is 0 Å². The Morgan fingerprint density at radius 1 is 1.48 bits per heavy atom. The molecule has 1 amide bonds. The van der Waals surface area contributed by atoms with E-state index in [0.717, 1.165) is 19.4 Å². The van der Waals surface area contributed by atoms with Gasteiger partial charge in [0.25, 0.3) is 5.91 Å². The van der Waals surface area contributed by atoms with Gasteiger partial charge in [-0.15, -0.1) is 5.10 Å². The number of halogens is 1. The summed E-state index contributed by atoms with van der Waals surface area (Å²) in [6.07, 6.45) is 3.51. The minimum absolute atomic E-state index is 0.0522. The zero-order chi connectivity index (χ0) is 16.4. The first-order valence-corrected chi connectivity index (χ1v) is 8.02. The summed E-state index contributed by atoms with van der Waals surface area (Å²) in [5.74, 6) is 0.288. The number of nitrogens with zero attached hydrogens (tertiary/aromatic N) is 5. The van der Waals surface area contributed by atoms with E-state index in [9.17, 15) is 4.79 Å². The predicted molar refractivity (Wildman–Crippen MR) is 86.4 cm³/mol. The highest BCUT2D eigenvalue weighted by Gasteiger charge is 2.27. The molecule has 1 aromatic heterocycles. The van der Waals surface area contributed by atoms with Crippen molar-refractivity contribution in [2.45, 2.75) is 25.8 Å². The third kappa shape index (κ3) is 3.35. The molecule has 0 bridgehead atoms. The van der Waals surface area contributed by atoms with Crippen molar-refractivity contribution in [2.24, 2.45) is 11.7 Å². The van der Waals surface area contributed by atoms with Crippen LogP contribution >= 0.6 is 11.6 Å². The number of carbonyl (C=O) groups excluding carboxylic acids is 1. The highest BCUT2D eigenvalue weighted by Crippen LogP contribution is 2.25. The summed E-state index contributed by atoms with van der Waals surface area (Å²) in [4.78, 5) is 14.6. The summed E-state index contributed by atoms with van der Waals surface area (Å²) in [6, 6.07) is 5.28. The lowest BCUT2D eigenvalue weighted by molar-refractivity contribution is 0.0661. The molecule has 3 rings (SSSR count). The van der Waals surface area contributed by atoms with Gasteiger partial charge in [0.15, 0.2) is 0 Å². The fraction of sp³-hybridized carbons (Fsp3) is 0.467. The Balaban J connectivity index is 1.80. The first-order chi connectivity index (χ1) is 11.1. The highest BCUT2D eigenvalue weighted by molar-refractivity contribution is 6.34. The Labute approximate surface area is 139 Å². The van der Waals surface area contributed by atoms with Gasteiger partial charge in [0, 0.05) is 19.1 Å². The molecule has 2 aromatic rings. The van der Waals surface area contributed by atoms with Gasteiger partial charge >= 0.3 is 0 Å². The quantitative estimate of drug-likeness (QED) is 0.919. The van der Waals surface area contributed by atoms with Gasteiger partial charge in [-0.1, -0.05) is 11.6 Å². The number of tetrazole rings is 1. The number of likely N-dealkylation sites (tertiary alicyclic amines) is 1. The van der Waals surface area contributed by atoms with Crippen molar-refractivity contribution < 1.29 is 4.79 Å². The average molecular weight is 335 g/mol. The molecule has 8 heteroatoms. The van der Waals surface area contributed by atoms with E-state index in [1.165, 1.54) is 11.0 Å². The van der Waals surface area contributed by atoms with Crippen LogP contribution in [0.1, 0.15) is 30.1 Å². The lowest BCUT2D eigenvalue weighted by atomic mass is 9.92. The molecule has 2 N–H and O–H groups in total. The van der Waals surface area contributed by atoms with Crippen LogP contribution in [0.5, 0.6) is 0 Å². The molecule has 2 atom stereocenters. The first-order valence-electron chi connectivity index (χ1n) is 7.64. The molecule has 2 unspecified atom stereocenters. The van der Waals surface area contributed by atoms with Crippen LogP contribution in [0, 0.1) is 5.92 Å². The molecule has 23 heavy (non-hydrogen) atoms. The minimum Gasteiger partial charge on any atom is -0.338 e. The molecule has 7 nitrogen and oxygen atoms in total. The van der Waals surface area contributed by atoms with Crippen LogP contribution in [0.25, 0.3) is 5.69 Å². The number of benzene rings is 1. The van der Waals surface area contributed by atoms with Crippen molar-refractivity contribution in [2.75, 3.05) is 13.1 Å². The Morgan fingerprint density at radius 3 is 2.96 bits per heavy atom. The van der Waals surface area contributed by atoms with Crippen LogP contribution in [-0.4, -0.2) is 50.1 Å². The van der Waals surface area contributed by atoms with Crippen LogP contribution in [0.3, 0.4) is 0 Å². The number of piperidine rings is 1. The maximum atomic E-state index is 12.7. The third-order valence-electron chi connectivity index (χ3n) is 4.29. The zero-order valence-corrected chi connectivity index (χ0v) is 13.6. The maximum Gasteiger partial charge on any atom is 0.255 e. The molecule has 1 aromatic carbocycles. The van der Waals surface area contributed by atoms with Gasteiger partial charge in [-0.25, -0.2) is 4.68 Å². The fourth-order valence-electron chi connectivity index (χ4n) is 2.89. The van der Waals surface area contributed by atoms with Gasteiger partial charge in [0.2, 0.25) is 0 Å². The van der Waals surface area contributed by atoms with E-state index >= 15 is 0 Å².